The number of nitrogens with one attached hydrogen (secondary N) is 3. The first-order chi connectivity index (χ1) is 64.7. The van der Waals surface area contributed by atoms with E-state index in [2.05, 4.69) is 94.9 Å². The van der Waals surface area contributed by atoms with E-state index >= 15 is 0 Å². The molecule has 706 valence electrons. The highest BCUT2D eigenvalue weighted by Gasteiger charge is 2.38. The number of ether oxygens (including phenoxy) is 2. The minimum Gasteiger partial charge on any atom is -0.490 e. The molecule has 3 fully saturated rings. The van der Waals surface area contributed by atoms with Crippen molar-refractivity contribution >= 4 is 122 Å². The molecule has 3 saturated heterocycles. The number of fused-ring (bicyclic) bond motifs is 3. The number of halogens is 3. The van der Waals surface area contributed by atoms with Crippen LogP contribution in [-0.2, 0) is 50.3 Å². The van der Waals surface area contributed by atoms with Crippen LogP contribution in [0.5, 0.6) is 11.5 Å². The first-order valence-corrected chi connectivity index (χ1v) is 49.5. The number of thioether (sulfide) groups is 1. The molecule has 0 amide bonds. The van der Waals surface area contributed by atoms with E-state index in [4.69, 9.17) is 28.3 Å². The zero-order valence-electron chi connectivity index (χ0n) is 76.2. The van der Waals surface area contributed by atoms with Crippen LogP contribution in [-0.4, -0.2) is 203 Å². The fourth-order valence-electron chi connectivity index (χ4n) is 16.2. The van der Waals surface area contributed by atoms with Crippen molar-refractivity contribution in [2.24, 2.45) is 5.92 Å². The van der Waals surface area contributed by atoms with Crippen molar-refractivity contribution in [3.8, 4) is 11.5 Å². The first kappa shape index (κ1) is 96.6. The third kappa shape index (κ3) is 23.2. The highest BCUT2D eigenvalue weighted by Crippen LogP contribution is 2.37. The van der Waals surface area contributed by atoms with Crippen molar-refractivity contribution < 1.29 is 52.5 Å². The van der Waals surface area contributed by atoms with Gasteiger partial charge in [-0.05, 0) is 204 Å². The predicted molar refractivity (Wildman–Crippen MR) is 518 cm³/mol. The number of imidazole rings is 1. The Morgan fingerprint density at radius 2 is 1.15 bits per heavy atom. The zero-order chi connectivity index (χ0) is 95.6. The SMILES string of the molecule is C=C(c1cc2cnc(Nc3ccc(C4CN(C)CCS4)cc3)nc2n(Cc2cncn2S(=O)(=O)CC(F)(F)F)c1=O)N(C)C.C=C(c1cc2cnc(Nc3ccc(OC4CCCN(C)C4)cc3)nc2n(Cc2occc2S(=O)c2ccccc2)c1=O)C(C)C.CCC(CC)c1cc2cnc(Nc3ccc(OC4CCN(C)CC4)cc3)nc2n(Cc2ccoc2S(=O)(=O)c2ccncc2)c1=O. The molecule has 3 aliphatic rings. The maximum Gasteiger partial charge on any atom is 0.404 e. The maximum atomic E-state index is 14.1. The average molecular weight is 1920 g/mol. The van der Waals surface area contributed by atoms with Gasteiger partial charge < -0.3 is 53.9 Å². The molecule has 10 aromatic heterocycles. The number of likely N-dealkylation sites (N-methyl/N-ethyl adjacent to an activating group) is 2. The van der Waals surface area contributed by atoms with Crippen molar-refractivity contribution in [1.82, 2.24) is 77.1 Å². The molecule has 3 N–H and O–H groups in total. The van der Waals surface area contributed by atoms with Crippen molar-refractivity contribution in [3.63, 3.8) is 0 Å². The summed E-state index contributed by atoms with van der Waals surface area (Å²) in [5, 5.41) is 11.6. The summed E-state index contributed by atoms with van der Waals surface area (Å²) in [6, 6.07) is 43.7. The monoisotopic (exact) mass is 1910 g/mol. The number of allylic oxidation sites excluding steroid dienone is 1. The molecule has 135 heavy (non-hydrogen) atoms. The Morgan fingerprint density at radius 3 is 1.71 bits per heavy atom. The quantitative estimate of drug-likeness (QED) is 0.0376. The summed E-state index contributed by atoms with van der Waals surface area (Å²) in [4.78, 5) is 86.8. The lowest BCUT2D eigenvalue weighted by Gasteiger charge is -2.30. The Hall–Kier alpha value is -13.0. The average Bonchev–Trinajstić information content (AvgIpc) is 1.74. The number of hydrogen-bond donors (Lipinski definition) is 3. The van der Waals surface area contributed by atoms with Gasteiger partial charge in [0.2, 0.25) is 42.8 Å². The molecule has 3 atom stereocenters. The number of aromatic nitrogens is 12. The van der Waals surface area contributed by atoms with E-state index in [-0.39, 0.29) is 81.1 Å². The lowest BCUT2D eigenvalue weighted by atomic mass is 9.94. The van der Waals surface area contributed by atoms with Crippen LogP contribution < -0.4 is 42.1 Å². The number of alkyl halides is 3. The highest BCUT2D eigenvalue weighted by atomic mass is 32.2. The Morgan fingerprint density at radius 1 is 0.607 bits per heavy atom. The molecule has 17 rings (SSSR count). The van der Waals surface area contributed by atoms with E-state index < -0.39 is 54.7 Å². The molecule has 0 saturated carbocycles. The van der Waals surface area contributed by atoms with Crippen LogP contribution in [0, 0.1) is 5.92 Å². The van der Waals surface area contributed by atoms with Crippen molar-refractivity contribution in [2.45, 2.75) is 135 Å². The fraction of sp³-hybridized carbons (Fsp3) is 0.330. The van der Waals surface area contributed by atoms with Crippen LogP contribution in [0.2, 0.25) is 0 Å². The number of nitrogens with zero attached hydrogens (tertiary/aromatic N) is 16. The first-order valence-electron chi connectivity index (χ1n) is 44.2. The zero-order valence-corrected chi connectivity index (χ0v) is 79.5. The molecule has 3 aliphatic heterocycles. The molecular formula is C97H106F3N19O12S4. The van der Waals surface area contributed by atoms with Crippen LogP contribution in [0.1, 0.15) is 117 Å². The van der Waals surface area contributed by atoms with Crippen LogP contribution >= 0.6 is 11.8 Å². The largest absolute Gasteiger partial charge is 0.490 e. The van der Waals surface area contributed by atoms with Gasteiger partial charge in [0.25, 0.3) is 16.7 Å². The second kappa shape index (κ2) is 42.3. The van der Waals surface area contributed by atoms with Crippen LogP contribution in [0.25, 0.3) is 44.4 Å². The number of pyridine rings is 4. The third-order valence-corrected chi connectivity index (χ3v) is 29.8. The second-order valence-electron chi connectivity index (χ2n) is 34.0. The van der Waals surface area contributed by atoms with Crippen molar-refractivity contribution in [3.05, 3.63) is 285 Å². The Bertz CT molecular complexity index is 7050. The van der Waals surface area contributed by atoms with Gasteiger partial charge in [0.05, 0.1) is 70.2 Å². The van der Waals surface area contributed by atoms with Gasteiger partial charge in [-0.25, -0.2) is 45.0 Å². The van der Waals surface area contributed by atoms with E-state index in [1.54, 1.807) is 72.4 Å². The number of anilines is 6. The van der Waals surface area contributed by atoms with Gasteiger partial charge in [-0.15, -0.1) is 0 Å². The fourth-order valence-corrected chi connectivity index (χ4v) is 21.4. The number of piperidine rings is 2. The maximum absolute atomic E-state index is 14.1. The summed E-state index contributed by atoms with van der Waals surface area (Å²) in [6.07, 6.45) is 13.6. The van der Waals surface area contributed by atoms with Crippen molar-refractivity contribution in [1.29, 1.82) is 0 Å². The van der Waals surface area contributed by atoms with E-state index in [1.807, 2.05) is 137 Å². The van der Waals surface area contributed by atoms with Crippen LogP contribution in [0.4, 0.5) is 48.1 Å². The standard InChI is InChI=1S/C35H37N5O4S.C34H38N6O5S.C28H31F3N8O3S2/c1-23(2)24(3)30-19-25-20-36-35(37-26-12-14-27(15-13-26)44-28-9-8-17-39(4)21-28)38-33(25)40(34(30)41)22-31-32(16-18-43-31)45(42)29-10-6-5-7-11-29;1-4-23(5-2)30-20-25-21-36-34(37-26-6-8-27(9-7-26)45-28-12-17-39(3)18-13-28)38-31(25)40(32(30)41)22-24-14-19-44-33(24)46(42,43)29-10-15-35-16-11-29;1-18(36(2)3)23-11-20-12-33-27(34-21-7-5-19(6-8-21)24-15-37(4)9-10-43-24)35-25(20)38(26(23)40)14-22-13-32-17-39(22)44(41,42)16-28(29,30)31/h5-7,10-16,18-20,23,28H,3,8-9,17,21-22H2,1-2,4H3,(H,36,37,38);6-11,14-16,19-21,23,28H,4-5,12-13,17-18,22H2,1-3H3,(H,36,37,38);5-8,11-13,17,24H,1,9-10,14-16H2,2-4H3,(H,33,34,35). The number of furan rings is 2. The van der Waals surface area contributed by atoms with Gasteiger partial charge in [0, 0.05) is 149 Å². The highest BCUT2D eigenvalue weighted by molar-refractivity contribution is 7.99. The van der Waals surface area contributed by atoms with Gasteiger partial charge in [0.15, 0.2) is 5.75 Å². The molecule has 13 heterocycles. The lowest BCUT2D eigenvalue weighted by molar-refractivity contribution is -0.106. The van der Waals surface area contributed by atoms with E-state index in [0.29, 0.717) is 97.8 Å². The van der Waals surface area contributed by atoms with E-state index in [0.717, 1.165) is 119 Å². The molecule has 0 radical (unpaired) electrons. The van der Waals surface area contributed by atoms with E-state index in [9.17, 15) is 48.6 Å². The van der Waals surface area contributed by atoms with Gasteiger partial charge >= 0.3 is 6.18 Å². The predicted octanol–water partition coefficient (Wildman–Crippen LogP) is 16.0. The minimum absolute atomic E-state index is 0.0283. The normalized spacial score (nSPS) is 15.7. The van der Waals surface area contributed by atoms with Crippen molar-refractivity contribution in [2.75, 3.05) is 102 Å². The molecule has 14 aromatic rings. The number of benzene rings is 4. The number of likely N-dealkylation sites (tertiary alicyclic amines) is 2. The minimum atomic E-state index is -4.97. The molecule has 38 heteroatoms. The Kier molecular flexibility index (Phi) is 30.3. The summed E-state index contributed by atoms with van der Waals surface area (Å²) >= 11 is 1.92. The number of hydrogen-bond acceptors (Lipinski definition) is 28. The molecule has 0 spiro atoms. The molecule has 0 aliphatic carbocycles. The number of sulfone groups is 1. The van der Waals surface area contributed by atoms with Gasteiger partial charge in [-0.1, -0.05) is 71.2 Å². The lowest BCUT2D eigenvalue weighted by Crippen LogP contribution is -2.38. The molecule has 0 bridgehead atoms. The summed E-state index contributed by atoms with van der Waals surface area (Å²) < 4.78 is 133. The van der Waals surface area contributed by atoms with Crippen LogP contribution in [0.15, 0.2) is 258 Å². The Balaban J connectivity index is 0.000000154. The van der Waals surface area contributed by atoms with E-state index in [1.165, 1.54) is 57.9 Å². The smallest absolute Gasteiger partial charge is 0.404 e. The molecule has 4 aromatic carbocycles. The van der Waals surface area contributed by atoms with Gasteiger partial charge in [-0.2, -0.15) is 39.9 Å². The Labute approximate surface area is 786 Å². The molecule has 31 nitrogen and oxygen atoms in total. The third-order valence-electron chi connectivity index (χ3n) is 23.8. The van der Waals surface area contributed by atoms with Gasteiger partial charge in [-0.3, -0.25) is 33.1 Å². The number of rotatable bonds is 30. The molecule has 3 unspecified atom stereocenters. The summed E-state index contributed by atoms with van der Waals surface area (Å²) in [7, 11) is -0.579. The topological polar surface area (TPSA) is 353 Å². The second-order valence-corrected chi connectivity index (χ2v) is 40.5. The van der Waals surface area contributed by atoms with Gasteiger partial charge in [0.1, 0.15) is 52.7 Å². The summed E-state index contributed by atoms with van der Waals surface area (Å²) in [5.41, 5.74) is 5.95. The molecular weight excluding hydrogens is 1810 g/mol. The summed E-state index contributed by atoms with van der Waals surface area (Å²) in [5.74, 6) is 1.91. The summed E-state index contributed by atoms with van der Waals surface area (Å²) in [6.45, 7) is 21.9. The van der Waals surface area contributed by atoms with Crippen LogP contribution in [0.3, 0.4) is 0 Å².